The van der Waals surface area contributed by atoms with Crippen molar-refractivity contribution in [3.8, 4) is 0 Å². The van der Waals surface area contributed by atoms with Crippen molar-refractivity contribution in [2.24, 2.45) is 0 Å². The first-order valence-corrected chi connectivity index (χ1v) is 6.50. The van der Waals surface area contributed by atoms with E-state index in [2.05, 4.69) is 6.58 Å². The normalized spacial score (nSPS) is 13.2. The molecule has 0 saturated carbocycles. The number of benzene rings is 1. The molecule has 1 rings (SSSR count). The summed E-state index contributed by atoms with van der Waals surface area (Å²) in [6, 6.07) is 7.46. The molecule has 2 nitrogen and oxygen atoms in total. The molecule has 1 atom stereocenters. The highest BCUT2D eigenvalue weighted by Crippen LogP contribution is 2.18. The van der Waals surface area contributed by atoms with Crippen LogP contribution in [-0.4, -0.2) is 9.99 Å². The van der Waals surface area contributed by atoms with Gasteiger partial charge in [-0.3, -0.25) is 4.79 Å². The van der Waals surface area contributed by atoms with Crippen LogP contribution in [0.25, 0.3) is 0 Å². The summed E-state index contributed by atoms with van der Waals surface area (Å²) in [4.78, 5) is 12.4. The molecule has 1 aromatic carbocycles. The van der Waals surface area contributed by atoms with Gasteiger partial charge in [0.15, 0.2) is 5.78 Å². The van der Waals surface area contributed by atoms with Gasteiger partial charge in [0.25, 0.3) is 0 Å². The predicted octanol–water partition coefficient (Wildman–Crippen LogP) is 3.15. The maximum absolute atomic E-state index is 12.2. The van der Waals surface area contributed by atoms with Crippen LogP contribution in [0.15, 0.2) is 52.8 Å². The van der Waals surface area contributed by atoms with Gasteiger partial charge in [-0.1, -0.05) is 23.8 Å². The number of carbonyl (C=O) groups is 1. The number of carbonyl (C=O) groups excluding carboxylic acids is 1. The second-order valence-corrected chi connectivity index (χ2v) is 5.33. The van der Waals surface area contributed by atoms with Crippen LogP contribution in [0.5, 0.6) is 0 Å². The topological polar surface area (TPSA) is 34.1 Å². The fourth-order valence-corrected chi connectivity index (χ4v) is 2.60. The van der Waals surface area contributed by atoms with Gasteiger partial charge in [0, 0.05) is 9.80 Å². The Hall–Kier alpha value is -1.48. The van der Waals surface area contributed by atoms with Crippen LogP contribution in [0, 0.1) is 6.92 Å². The fraction of sp³-hybridized carbons (Fsp3) is 0.214. The minimum Gasteiger partial charge on any atom is -0.295 e. The zero-order valence-electron chi connectivity index (χ0n) is 10.1. The molecule has 0 aromatic heterocycles. The zero-order valence-corrected chi connectivity index (χ0v) is 10.9. The first kappa shape index (κ1) is 13.6. The molecule has 0 radical (unpaired) electrons. The highest BCUT2D eigenvalue weighted by Gasteiger charge is 2.09. The van der Waals surface area contributed by atoms with Crippen LogP contribution in [0.3, 0.4) is 0 Å². The Morgan fingerprint density at radius 2 is 1.94 bits per heavy atom. The summed E-state index contributed by atoms with van der Waals surface area (Å²) in [7, 11) is -1.28. The van der Waals surface area contributed by atoms with E-state index in [1.807, 2.05) is 31.2 Å². The second kappa shape index (κ2) is 6.30. The van der Waals surface area contributed by atoms with E-state index in [1.54, 1.807) is 6.08 Å². The number of hydrogen-bond acceptors (Lipinski definition) is 2. The summed E-state index contributed by atoms with van der Waals surface area (Å²) in [5.74, 6) is -0.0951. The summed E-state index contributed by atoms with van der Waals surface area (Å²) >= 11 is 0. The number of aryl methyl sites for hydroxylation is 1. The molecular formula is C14H16O2S. The third-order valence-electron chi connectivity index (χ3n) is 2.18. The molecule has 0 bridgehead atoms. The lowest BCUT2D eigenvalue weighted by atomic mass is 10.2. The molecule has 0 unspecified atom stereocenters. The van der Waals surface area contributed by atoms with Crippen molar-refractivity contribution in [3.05, 3.63) is 53.5 Å². The Labute approximate surface area is 105 Å². The van der Waals surface area contributed by atoms with Crippen molar-refractivity contribution in [2.45, 2.75) is 25.2 Å². The fourth-order valence-electron chi connectivity index (χ4n) is 1.37. The van der Waals surface area contributed by atoms with Crippen LogP contribution in [-0.2, 0) is 15.6 Å². The smallest absolute Gasteiger partial charge is 0.153 e. The van der Waals surface area contributed by atoms with Crippen molar-refractivity contribution < 1.29 is 9.00 Å². The molecule has 0 amide bonds. The van der Waals surface area contributed by atoms with E-state index in [4.69, 9.17) is 0 Å². The van der Waals surface area contributed by atoms with E-state index >= 15 is 0 Å². The van der Waals surface area contributed by atoms with Crippen molar-refractivity contribution >= 4 is 16.6 Å². The third-order valence-corrected chi connectivity index (χ3v) is 3.64. The largest absolute Gasteiger partial charge is 0.295 e. The van der Waals surface area contributed by atoms with Gasteiger partial charge in [-0.2, -0.15) is 0 Å². The van der Waals surface area contributed by atoms with Crippen molar-refractivity contribution in [2.75, 3.05) is 0 Å². The van der Waals surface area contributed by atoms with Crippen molar-refractivity contribution in [1.82, 2.24) is 0 Å². The Bertz CT molecular complexity index is 470. The Morgan fingerprint density at radius 3 is 2.41 bits per heavy atom. The Balaban J connectivity index is 3.03. The summed E-state index contributed by atoms with van der Waals surface area (Å²) in [6.07, 6.45) is 3.54. The van der Waals surface area contributed by atoms with Crippen LogP contribution < -0.4 is 0 Å². The van der Waals surface area contributed by atoms with E-state index in [0.717, 1.165) is 5.56 Å². The van der Waals surface area contributed by atoms with Gasteiger partial charge in [-0.05, 0) is 38.5 Å². The first-order valence-electron chi connectivity index (χ1n) is 5.35. The lowest BCUT2D eigenvalue weighted by molar-refractivity contribution is -0.112. The van der Waals surface area contributed by atoms with Gasteiger partial charge in [-0.15, -0.1) is 6.58 Å². The molecule has 3 heteroatoms. The number of hydrogen-bond donors (Lipinski definition) is 0. The molecule has 0 aliphatic rings. The molecule has 1 aromatic rings. The van der Waals surface area contributed by atoms with Crippen molar-refractivity contribution in [3.63, 3.8) is 0 Å². The summed E-state index contributed by atoms with van der Waals surface area (Å²) in [6.45, 7) is 7.04. The van der Waals surface area contributed by atoms with Gasteiger partial charge < -0.3 is 0 Å². The maximum atomic E-state index is 12.2. The predicted molar refractivity (Wildman–Crippen MR) is 71.2 cm³/mol. The monoisotopic (exact) mass is 248 g/mol. The summed E-state index contributed by atoms with van der Waals surface area (Å²) in [5, 5.41) is 0. The molecule has 0 heterocycles. The lowest BCUT2D eigenvalue weighted by Crippen LogP contribution is -1.98. The number of allylic oxidation sites excluding steroid dienone is 3. The maximum Gasteiger partial charge on any atom is 0.153 e. The standard InChI is InChI=1S/C14H16O2S/c1-4-5-14(10-12(3)15)17(16)13-8-6-11(2)7-9-13/h4,6-10H,1,5H2,2-3H3/b14-10-/t17-/m0/s1. The van der Waals surface area contributed by atoms with Crippen LogP contribution in [0.1, 0.15) is 18.9 Å². The zero-order chi connectivity index (χ0) is 12.8. The molecule has 0 N–H and O–H groups in total. The molecule has 0 aliphatic heterocycles. The molecule has 17 heavy (non-hydrogen) atoms. The molecule has 0 aliphatic carbocycles. The molecule has 0 saturated heterocycles. The molecular weight excluding hydrogens is 232 g/mol. The lowest BCUT2D eigenvalue weighted by Gasteiger charge is -2.05. The quantitative estimate of drug-likeness (QED) is 0.592. The Kier molecular flexibility index (Phi) is 5.04. The van der Waals surface area contributed by atoms with E-state index in [0.29, 0.717) is 16.2 Å². The highest BCUT2D eigenvalue weighted by molar-refractivity contribution is 7.89. The van der Waals surface area contributed by atoms with Crippen LogP contribution in [0.4, 0.5) is 0 Å². The van der Waals surface area contributed by atoms with E-state index in [9.17, 15) is 9.00 Å². The van der Waals surface area contributed by atoms with Gasteiger partial charge >= 0.3 is 0 Å². The third kappa shape index (κ3) is 4.11. The van der Waals surface area contributed by atoms with Crippen LogP contribution >= 0.6 is 0 Å². The highest BCUT2D eigenvalue weighted by atomic mass is 32.2. The SMILES string of the molecule is C=CC/C(=C/C(C)=O)[S@@](=O)c1ccc(C)cc1. The van der Waals surface area contributed by atoms with Gasteiger partial charge in [0.05, 0.1) is 10.8 Å². The van der Waals surface area contributed by atoms with E-state index < -0.39 is 10.8 Å². The van der Waals surface area contributed by atoms with Gasteiger partial charge in [0.1, 0.15) is 0 Å². The van der Waals surface area contributed by atoms with E-state index in [-0.39, 0.29) is 5.78 Å². The minimum atomic E-state index is -1.28. The molecule has 0 fully saturated rings. The average Bonchev–Trinajstić information content (AvgIpc) is 2.28. The van der Waals surface area contributed by atoms with Gasteiger partial charge in [0.2, 0.25) is 0 Å². The molecule has 90 valence electrons. The minimum absolute atomic E-state index is 0.0951. The van der Waals surface area contributed by atoms with Crippen LogP contribution in [0.2, 0.25) is 0 Å². The summed E-state index contributed by atoms with van der Waals surface area (Å²) < 4.78 is 12.2. The second-order valence-electron chi connectivity index (χ2n) is 3.80. The van der Waals surface area contributed by atoms with Gasteiger partial charge in [-0.25, -0.2) is 4.21 Å². The Morgan fingerprint density at radius 1 is 1.35 bits per heavy atom. The number of rotatable bonds is 5. The average molecular weight is 248 g/mol. The summed E-state index contributed by atoms with van der Waals surface area (Å²) in [5.41, 5.74) is 1.12. The molecule has 0 spiro atoms. The first-order chi connectivity index (χ1) is 8.04. The van der Waals surface area contributed by atoms with Crippen molar-refractivity contribution in [1.29, 1.82) is 0 Å². The van der Waals surface area contributed by atoms with E-state index in [1.165, 1.54) is 13.0 Å². The number of ketones is 1.